The van der Waals surface area contributed by atoms with Crippen molar-refractivity contribution in [3.63, 3.8) is 0 Å². The van der Waals surface area contributed by atoms with Crippen molar-refractivity contribution in [1.29, 1.82) is 0 Å². The fourth-order valence-electron chi connectivity index (χ4n) is 1.10. The predicted octanol–water partition coefficient (Wildman–Crippen LogP) is 0.812. The van der Waals surface area contributed by atoms with Crippen LogP contribution in [0.1, 0.15) is 20.8 Å². The van der Waals surface area contributed by atoms with Gasteiger partial charge >= 0.3 is 6.09 Å². The molecule has 13 heavy (non-hydrogen) atoms. The third-order valence-corrected chi connectivity index (χ3v) is 2.37. The average Bonchev–Trinajstić information content (AvgIpc) is 2.34. The lowest BCUT2D eigenvalue weighted by molar-refractivity contribution is 0.151. The van der Waals surface area contributed by atoms with E-state index in [1.54, 1.807) is 4.90 Å². The fraction of sp³-hybridized carbons (Fsp3) is 0.889. The minimum atomic E-state index is -0.236. The van der Waals surface area contributed by atoms with Crippen LogP contribution in [0.25, 0.3) is 0 Å². The molecule has 1 fully saturated rings. The third-order valence-electron chi connectivity index (χ3n) is 2.37. The highest BCUT2D eigenvalue weighted by atomic mass is 16.6. The fourth-order valence-corrected chi connectivity index (χ4v) is 1.10. The maximum atomic E-state index is 11.1. The molecule has 1 atom stereocenters. The molecular weight excluding hydrogens is 168 g/mol. The molecule has 0 unspecified atom stereocenters. The summed E-state index contributed by atoms with van der Waals surface area (Å²) in [5, 5.41) is 0. The van der Waals surface area contributed by atoms with E-state index in [0.717, 1.165) is 0 Å². The molecule has 0 aromatic carbocycles. The van der Waals surface area contributed by atoms with E-state index in [9.17, 15) is 4.79 Å². The van der Waals surface area contributed by atoms with Crippen LogP contribution in [0.2, 0.25) is 0 Å². The number of ether oxygens (including phenoxy) is 1. The van der Waals surface area contributed by atoms with Crippen LogP contribution in [0.5, 0.6) is 0 Å². The van der Waals surface area contributed by atoms with Crippen LogP contribution in [-0.2, 0) is 4.74 Å². The summed E-state index contributed by atoms with van der Waals surface area (Å²) in [5.74, 6) is 0. The maximum Gasteiger partial charge on any atom is 0.409 e. The summed E-state index contributed by atoms with van der Waals surface area (Å²) in [6.45, 7) is 7.96. The van der Waals surface area contributed by atoms with E-state index in [0.29, 0.717) is 19.7 Å². The summed E-state index contributed by atoms with van der Waals surface area (Å²) < 4.78 is 4.81. The molecule has 0 radical (unpaired) electrons. The van der Waals surface area contributed by atoms with Gasteiger partial charge in [-0.1, -0.05) is 20.8 Å². The zero-order valence-electron chi connectivity index (χ0n) is 8.54. The molecule has 76 valence electrons. The standard InChI is InChI=1S/C9H18N2O2/c1-9(2,3)7(10)6-11-4-5-13-8(11)12/h7H,4-6,10H2,1-3H3/t7-/m1/s1. The molecule has 1 heterocycles. The van der Waals surface area contributed by atoms with E-state index in [1.807, 2.05) is 0 Å². The first kappa shape index (κ1) is 10.3. The Bertz CT molecular complexity index is 198. The second kappa shape index (κ2) is 3.54. The number of hydrogen-bond donors (Lipinski definition) is 1. The van der Waals surface area contributed by atoms with Crippen LogP contribution in [0.15, 0.2) is 0 Å². The van der Waals surface area contributed by atoms with Gasteiger partial charge in [-0.3, -0.25) is 0 Å². The smallest absolute Gasteiger partial charge is 0.409 e. The largest absolute Gasteiger partial charge is 0.448 e. The van der Waals surface area contributed by atoms with Crippen LogP contribution >= 0.6 is 0 Å². The van der Waals surface area contributed by atoms with Crippen molar-refractivity contribution in [3.8, 4) is 0 Å². The van der Waals surface area contributed by atoms with Crippen LogP contribution in [0.4, 0.5) is 4.79 Å². The summed E-state index contributed by atoms with van der Waals surface area (Å²) in [5.41, 5.74) is 5.97. The van der Waals surface area contributed by atoms with E-state index < -0.39 is 0 Å². The Morgan fingerprint density at radius 1 is 1.62 bits per heavy atom. The molecule has 2 N–H and O–H groups in total. The van der Waals surface area contributed by atoms with E-state index in [1.165, 1.54) is 0 Å². The molecule has 1 saturated heterocycles. The summed E-state index contributed by atoms with van der Waals surface area (Å²) in [4.78, 5) is 12.7. The molecule has 0 spiro atoms. The van der Waals surface area contributed by atoms with Crippen LogP contribution < -0.4 is 5.73 Å². The first-order valence-electron chi connectivity index (χ1n) is 4.58. The molecule has 1 amide bonds. The zero-order valence-corrected chi connectivity index (χ0v) is 8.54. The molecule has 0 bridgehead atoms. The third kappa shape index (κ3) is 2.59. The Labute approximate surface area is 79.0 Å². The predicted molar refractivity (Wildman–Crippen MR) is 50.4 cm³/mol. The summed E-state index contributed by atoms with van der Waals surface area (Å²) in [7, 11) is 0. The number of nitrogens with zero attached hydrogens (tertiary/aromatic N) is 1. The summed E-state index contributed by atoms with van der Waals surface area (Å²) in [6, 6.07) is -0.00171. The number of rotatable bonds is 2. The monoisotopic (exact) mass is 186 g/mol. The van der Waals surface area contributed by atoms with Crippen molar-refractivity contribution >= 4 is 6.09 Å². The van der Waals surface area contributed by atoms with Gasteiger partial charge in [-0.2, -0.15) is 0 Å². The lowest BCUT2D eigenvalue weighted by Gasteiger charge is -2.29. The van der Waals surface area contributed by atoms with E-state index in [-0.39, 0.29) is 17.6 Å². The molecule has 0 aliphatic carbocycles. The first-order valence-corrected chi connectivity index (χ1v) is 4.58. The highest BCUT2D eigenvalue weighted by molar-refractivity contribution is 5.69. The minimum absolute atomic E-state index is 0.00171. The molecule has 1 rings (SSSR count). The minimum Gasteiger partial charge on any atom is -0.448 e. The van der Waals surface area contributed by atoms with E-state index >= 15 is 0 Å². The highest BCUT2D eigenvalue weighted by Crippen LogP contribution is 2.19. The molecule has 4 nitrogen and oxygen atoms in total. The van der Waals surface area contributed by atoms with E-state index in [4.69, 9.17) is 10.5 Å². The number of nitrogens with two attached hydrogens (primary N) is 1. The van der Waals surface area contributed by atoms with Crippen molar-refractivity contribution in [1.82, 2.24) is 4.90 Å². The van der Waals surface area contributed by atoms with Gasteiger partial charge in [-0.25, -0.2) is 4.79 Å². The van der Waals surface area contributed by atoms with Crippen molar-refractivity contribution in [2.75, 3.05) is 19.7 Å². The van der Waals surface area contributed by atoms with Gasteiger partial charge in [0.25, 0.3) is 0 Å². The second-order valence-corrected chi connectivity index (χ2v) is 4.53. The average molecular weight is 186 g/mol. The molecule has 4 heteroatoms. The Morgan fingerprint density at radius 2 is 2.23 bits per heavy atom. The van der Waals surface area contributed by atoms with Crippen LogP contribution in [-0.4, -0.2) is 36.7 Å². The number of hydrogen-bond acceptors (Lipinski definition) is 3. The Morgan fingerprint density at radius 3 is 2.62 bits per heavy atom. The number of carbonyl (C=O) groups is 1. The summed E-state index contributed by atoms with van der Waals surface area (Å²) >= 11 is 0. The molecule has 0 saturated carbocycles. The topological polar surface area (TPSA) is 55.6 Å². The zero-order chi connectivity index (χ0) is 10.1. The number of amides is 1. The van der Waals surface area contributed by atoms with Crippen LogP contribution in [0.3, 0.4) is 0 Å². The van der Waals surface area contributed by atoms with Crippen LogP contribution in [0, 0.1) is 5.41 Å². The van der Waals surface area contributed by atoms with Crippen molar-refractivity contribution in [3.05, 3.63) is 0 Å². The Kier molecular flexibility index (Phi) is 2.81. The van der Waals surface area contributed by atoms with Gasteiger partial charge in [-0.15, -0.1) is 0 Å². The maximum absolute atomic E-state index is 11.1. The SMILES string of the molecule is CC(C)(C)[C@H](N)CN1CCOC1=O. The Hall–Kier alpha value is -0.770. The molecule has 1 aliphatic heterocycles. The normalized spacial score (nSPS) is 20.3. The molecule has 0 aromatic heterocycles. The van der Waals surface area contributed by atoms with Crippen molar-refractivity contribution in [2.24, 2.45) is 11.1 Å². The highest BCUT2D eigenvalue weighted by Gasteiger charge is 2.28. The van der Waals surface area contributed by atoms with E-state index in [2.05, 4.69) is 20.8 Å². The summed E-state index contributed by atoms with van der Waals surface area (Å²) in [6.07, 6.45) is -0.236. The molecule has 1 aliphatic rings. The lowest BCUT2D eigenvalue weighted by Crippen LogP contribution is -2.45. The van der Waals surface area contributed by atoms with Gasteiger partial charge in [0.2, 0.25) is 0 Å². The van der Waals surface area contributed by atoms with Gasteiger partial charge in [0, 0.05) is 12.6 Å². The Balaban J connectivity index is 2.44. The van der Waals surface area contributed by atoms with Gasteiger partial charge in [0.1, 0.15) is 6.61 Å². The number of carbonyl (C=O) groups excluding carboxylic acids is 1. The molecule has 0 aromatic rings. The van der Waals surface area contributed by atoms with Crippen molar-refractivity contribution < 1.29 is 9.53 Å². The second-order valence-electron chi connectivity index (χ2n) is 4.53. The number of cyclic esters (lactones) is 1. The van der Waals surface area contributed by atoms with Crippen molar-refractivity contribution in [2.45, 2.75) is 26.8 Å². The van der Waals surface area contributed by atoms with Gasteiger partial charge in [-0.05, 0) is 5.41 Å². The molecular formula is C9H18N2O2. The van der Waals surface area contributed by atoms with Gasteiger partial charge in [0.05, 0.1) is 6.54 Å². The van der Waals surface area contributed by atoms with Gasteiger partial charge in [0.15, 0.2) is 0 Å². The van der Waals surface area contributed by atoms with Gasteiger partial charge < -0.3 is 15.4 Å². The first-order chi connectivity index (χ1) is 5.91. The lowest BCUT2D eigenvalue weighted by atomic mass is 9.87. The quantitative estimate of drug-likeness (QED) is 0.694.